The number of ether oxygens (including phenoxy) is 1. The van der Waals surface area contributed by atoms with Crippen molar-refractivity contribution in [3.63, 3.8) is 0 Å². The number of anilines is 3. The van der Waals surface area contributed by atoms with Crippen molar-refractivity contribution < 1.29 is 4.74 Å². The lowest BCUT2D eigenvalue weighted by atomic mass is 9.49. The average Bonchev–Trinajstić information content (AvgIpc) is 3.85. The minimum atomic E-state index is -0.00816. The molecule has 11 rings (SSSR count). The molecule has 0 saturated heterocycles. The van der Waals surface area contributed by atoms with Crippen LogP contribution in [-0.2, 0) is 5.41 Å². The van der Waals surface area contributed by atoms with E-state index in [4.69, 9.17) is 9.72 Å². The van der Waals surface area contributed by atoms with Crippen molar-refractivity contribution in [2.45, 2.75) is 33.1 Å². The van der Waals surface area contributed by atoms with Crippen molar-refractivity contribution >= 4 is 56.8 Å². The van der Waals surface area contributed by atoms with Crippen LogP contribution in [0.15, 0.2) is 200 Å². The predicted octanol–water partition coefficient (Wildman–Crippen LogP) is 13.4. The van der Waals surface area contributed by atoms with Crippen LogP contribution >= 0.6 is 0 Å². The van der Waals surface area contributed by atoms with Gasteiger partial charge in [0.1, 0.15) is 24.0 Å². The van der Waals surface area contributed by atoms with E-state index in [1.165, 1.54) is 44.4 Å². The molecule has 3 aliphatic heterocycles. The molecule has 8 aromatic rings. The number of pyridine rings is 1. The molecule has 0 spiro atoms. The summed E-state index contributed by atoms with van der Waals surface area (Å²) in [4.78, 5) is 12.1. The maximum Gasteiger partial charge on any atom is 0.322 e. The first-order chi connectivity index (χ1) is 30.3. The Hall–Kier alpha value is -7.51. The van der Waals surface area contributed by atoms with Crippen LogP contribution in [0.4, 0.5) is 17.1 Å². The lowest BCUT2D eigenvalue weighted by molar-refractivity contribution is 0.483. The Balaban J connectivity index is 0.990. The van der Waals surface area contributed by atoms with Gasteiger partial charge in [0.05, 0.1) is 22.4 Å². The molecule has 7 heteroatoms. The molecule has 0 saturated carbocycles. The van der Waals surface area contributed by atoms with Gasteiger partial charge >= 0.3 is 6.85 Å². The summed E-state index contributed by atoms with van der Waals surface area (Å²) in [5.74, 6) is 4.74. The van der Waals surface area contributed by atoms with Gasteiger partial charge in [-0.05, 0) is 101 Å². The molecule has 0 amide bonds. The molecule has 0 atom stereocenters. The second kappa shape index (κ2) is 14.9. The zero-order valence-corrected chi connectivity index (χ0v) is 35.4. The van der Waals surface area contributed by atoms with Crippen molar-refractivity contribution in [2.24, 2.45) is 0 Å². The number of hydrogen-bond donors (Lipinski definition) is 0. The molecule has 6 nitrogen and oxygen atoms in total. The molecule has 0 N–H and O–H groups in total. The lowest BCUT2D eigenvalue weighted by Gasteiger charge is -2.38. The molecular weight excluding hydrogens is 757 g/mol. The molecule has 0 unspecified atom stereocenters. The molecule has 0 aliphatic carbocycles. The fourth-order valence-electron chi connectivity index (χ4n) is 9.28. The quantitative estimate of drug-likeness (QED) is 0.150. The molecule has 0 fully saturated rings. The van der Waals surface area contributed by atoms with Gasteiger partial charge < -0.3 is 19.3 Å². The molecule has 6 aromatic carbocycles. The molecule has 3 aliphatic rings. The maximum absolute atomic E-state index is 6.79. The Morgan fingerprint density at radius 2 is 1.37 bits per heavy atom. The van der Waals surface area contributed by atoms with E-state index in [1.54, 1.807) is 0 Å². The first kappa shape index (κ1) is 37.5. The second-order valence-corrected chi connectivity index (χ2v) is 17.4. The van der Waals surface area contributed by atoms with Gasteiger partial charge in [-0.2, -0.15) is 0 Å². The smallest absolute Gasteiger partial charge is 0.322 e. The van der Waals surface area contributed by atoms with Crippen LogP contribution in [0.3, 0.4) is 0 Å². The normalized spacial score (nSPS) is 14.8. The van der Waals surface area contributed by atoms with Crippen LogP contribution in [0.25, 0.3) is 38.7 Å². The third-order valence-electron chi connectivity index (χ3n) is 12.4. The van der Waals surface area contributed by atoms with E-state index >= 15 is 0 Å². The van der Waals surface area contributed by atoms with E-state index in [0.717, 1.165) is 50.8 Å². The zero-order chi connectivity index (χ0) is 42.0. The number of hydrogen-bond acceptors (Lipinski definition) is 5. The molecule has 0 bridgehead atoms. The van der Waals surface area contributed by atoms with E-state index in [-0.39, 0.29) is 12.3 Å². The molecular formula is C55H46BN5O. The van der Waals surface area contributed by atoms with Gasteiger partial charge in [-0.25, -0.2) is 4.98 Å². The summed E-state index contributed by atoms with van der Waals surface area (Å²) >= 11 is 0. The number of fused-ring (bicyclic) bond motifs is 5. The first-order valence-corrected chi connectivity index (χ1v) is 21.4. The van der Waals surface area contributed by atoms with Gasteiger partial charge in [-0.15, -0.1) is 0 Å². The standard InChI is InChI=1S/C55H46BN5O/c1-38-23-25-39(26-24-38)47-36-58-32-13-12-30-56(58)53(40-15-6-5-7-16-40)54(47)60-37-59(49-21-10-11-22-50(49)60)42-17-14-18-43(34-42)62-44-27-28-46-45-19-8-9-20-48(45)61(51(46)35-44)52-33-41(29-31-57-52)55(2,3)4/h5-36H,37H2,1-4H3. The van der Waals surface area contributed by atoms with Crippen molar-refractivity contribution in [1.29, 1.82) is 0 Å². The number of aryl methyl sites for hydroxylation is 1. The number of para-hydroxylation sites is 3. The Morgan fingerprint density at radius 1 is 0.629 bits per heavy atom. The number of aromatic nitrogens is 2. The van der Waals surface area contributed by atoms with Gasteiger partial charge in [0.15, 0.2) is 0 Å². The molecule has 5 heterocycles. The Morgan fingerprint density at radius 3 is 2.19 bits per heavy atom. The highest BCUT2D eigenvalue weighted by Crippen LogP contribution is 2.49. The Kier molecular flexibility index (Phi) is 9.01. The van der Waals surface area contributed by atoms with Gasteiger partial charge in [0.2, 0.25) is 0 Å². The fraction of sp³-hybridized carbons (Fsp3) is 0.109. The Bertz CT molecular complexity index is 3150. The van der Waals surface area contributed by atoms with Crippen molar-refractivity contribution in [2.75, 3.05) is 16.5 Å². The monoisotopic (exact) mass is 803 g/mol. The predicted molar refractivity (Wildman–Crippen MR) is 258 cm³/mol. The summed E-state index contributed by atoms with van der Waals surface area (Å²) in [6.45, 7) is 9.53. The van der Waals surface area contributed by atoms with Gasteiger partial charge in [-0.3, -0.25) is 4.57 Å². The van der Waals surface area contributed by atoms with Gasteiger partial charge in [-0.1, -0.05) is 129 Å². The number of nitrogens with zero attached hydrogens (tertiary/aromatic N) is 5. The van der Waals surface area contributed by atoms with E-state index in [2.05, 4.69) is 229 Å². The van der Waals surface area contributed by atoms with Crippen LogP contribution < -0.4 is 14.5 Å². The fourth-order valence-corrected chi connectivity index (χ4v) is 9.28. The van der Waals surface area contributed by atoms with Crippen LogP contribution in [-0.4, -0.2) is 27.9 Å². The van der Waals surface area contributed by atoms with Gasteiger partial charge in [0.25, 0.3) is 0 Å². The van der Waals surface area contributed by atoms with Crippen molar-refractivity contribution in [3.8, 4) is 17.3 Å². The average molecular weight is 804 g/mol. The van der Waals surface area contributed by atoms with Gasteiger partial charge in [0, 0.05) is 52.3 Å². The topological polar surface area (TPSA) is 36.8 Å². The van der Waals surface area contributed by atoms with E-state index < -0.39 is 0 Å². The first-order valence-electron chi connectivity index (χ1n) is 21.4. The van der Waals surface area contributed by atoms with E-state index in [1.807, 2.05) is 12.3 Å². The molecule has 2 aromatic heterocycles. The zero-order valence-electron chi connectivity index (χ0n) is 35.4. The number of rotatable bonds is 7. The van der Waals surface area contributed by atoms with Crippen LogP contribution in [0.1, 0.15) is 43.0 Å². The van der Waals surface area contributed by atoms with Crippen LogP contribution in [0, 0.1) is 6.92 Å². The SMILES string of the molecule is Cc1ccc(C2=CN3C=CC=CB3C(c3ccccc3)=C2N2CN(c3cccc(Oc4ccc5c6ccccc6n(-c6cc(C(C)(C)C)ccn6)c5c4)c3)c3ccccc32)cc1. The summed E-state index contributed by atoms with van der Waals surface area (Å²) in [6.07, 6.45) is 10.7. The highest BCUT2D eigenvalue weighted by molar-refractivity contribution is 6.82. The minimum Gasteiger partial charge on any atom is -0.457 e. The molecule has 0 radical (unpaired) electrons. The number of benzene rings is 6. The second-order valence-electron chi connectivity index (χ2n) is 17.4. The lowest BCUT2D eigenvalue weighted by Crippen LogP contribution is -2.40. The highest BCUT2D eigenvalue weighted by Gasteiger charge is 2.39. The summed E-state index contributed by atoms with van der Waals surface area (Å²) in [5, 5.41) is 2.34. The third-order valence-corrected chi connectivity index (χ3v) is 12.4. The summed E-state index contributed by atoms with van der Waals surface area (Å²) in [5.41, 5.74) is 14.0. The number of allylic oxidation sites excluding steroid dienone is 3. The maximum atomic E-state index is 6.79. The van der Waals surface area contributed by atoms with Crippen molar-refractivity contribution in [3.05, 3.63) is 222 Å². The van der Waals surface area contributed by atoms with E-state index in [0.29, 0.717) is 6.67 Å². The van der Waals surface area contributed by atoms with E-state index in [9.17, 15) is 0 Å². The van der Waals surface area contributed by atoms with Crippen LogP contribution in [0.2, 0.25) is 0 Å². The minimum absolute atomic E-state index is 0.00816. The Labute approximate surface area is 363 Å². The molecule has 62 heavy (non-hydrogen) atoms. The third kappa shape index (κ3) is 6.49. The summed E-state index contributed by atoms with van der Waals surface area (Å²) in [7, 11) is 0. The summed E-state index contributed by atoms with van der Waals surface area (Å²) in [6, 6.07) is 56.3. The largest absolute Gasteiger partial charge is 0.457 e. The summed E-state index contributed by atoms with van der Waals surface area (Å²) < 4.78 is 9.05. The van der Waals surface area contributed by atoms with Crippen molar-refractivity contribution in [1.82, 2.24) is 14.4 Å². The van der Waals surface area contributed by atoms with Crippen LogP contribution in [0.5, 0.6) is 11.5 Å². The molecule has 300 valence electrons. The highest BCUT2D eigenvalue weighted by atomic mass is 16.5.